The van der Waals surface area contributed by atoms with Gasteiger partial charge in [0, 0.05) is 24.7 Å². The first-order valence-corrected chi connectivity index (χ1v) is 7.60. The minimum Gasteiger partial charge on any atom is -0.333 e. The number of aromatic nitrogens is 3. The summed E-state index contributed by atoms with van der Waals surface area (Å²) in [5.41, 5.74) is 6.88. The molecule has 0 aliphatic carbocycles. The fourth-order valence-corrected chi connectivity index (χ4v) is 2.66. The van der Waals surface area contributed by atoms with E-state index in [1.807, 2.05) is 49.1 Å². The fourth-order valence-electron chi connectivity index (χ4n) is 2.66. The number of amides is 1. The molecule has 2 unspecified atom stereocenters. The first-order valence-electron chi connectivity index (χ1n) is 7.60. The largest absolute Gasteiger partial charge is 0.333 e. The van der Waals surface area contributed by atoms with E-state index < -0.39 is 0 Å². The maximum Gasteiger partial charge on any atom is 0.227 e. The third kappa shape index (κ3) is 3.88. The van der Waals surface area contributed by atoms with Gasteiger partial charge in [-0.15, -0.1) is 35.0 Å². The van der Waals surface area contributed by atoms with Crippen molar-refractivity contribution in [3.63, 3.8) is 0 Å². The number of nitrogens with two attached hydrogens (primary N) is 1. The Morgan fingerprint density at radius 1 is 1.12 bits per heavy atom. The van der Waals surface area contributed by atoms with Crippen LogP contribution in [-0.4, -0.2) is 38.2 Å². The van der Waals surface area contributed by atoms with Crippen molar-refractivity contribution in [3.05, 3.63) is 36.2 Å². The Balaban J connectivity index is 0.00000144. The van der Waals surface area contributed by atoms with Crippen molar-refractivity contribution in [3.8, 4) is 11.4 Å². The monoisotopic (exact) mass is 371 g/mol. The zero-order valence-corrected chi connectivity index (χ0v) is 15.4. The third-order valence-electron chi connectivity index (χ3n) is 4.28. The molecule has 2 heterocycles. The van der Waals surface area contributed by atoms with E-state index in [-0.39, 0.29) is 42.7 Å². The summed E-state index contributed by atoms with van der Waals surface area (Å²) in [5.74, 6) is 1.60. The van der Waals surface area contributed by atoms with Gasteiger partial charge in [0.05, 0.1) is 12.5 Å². The number of hydrogen-bond donors (Lipinski definition) is 1. The van der Waals surface area contributed by atoms with Gasteiger partial charge in [-0.1, -0.05) is 37.3 Å². The summed E-state index contributed by atoms with van der Waals surface area (Å²) in [6, 6.07) is 9.85. The molecule has 2 atom stereocenters. The van der Waals surface area contributed by atoms with Crippen LogP contribution in [0.15, 0.2) is 30.3 Å². The maximum atomic E-state index is 12.4. The Morgan fingerprint density at radius 2 is 1.79 bits per heavy atom. The smallest absolute Gasteiger partial charge is 0.227 e. The van der Waals surface area contributed by atoms with Crippen LogP contribution in [0.4, 0.5) is 0 Å². The summed E-state index contributed by atoms with van der Waals surface area (Å²) < 4.78 is 2.09. The molecule has 6 nitrogen and oxygen atoms in total. The van der Waals surface area contributed by atoms with Crippen molar-refractivity contribution in [2.24, 2.45) is 11.7 Å². The first-order chi connectivity index (χ1) is 10.6. The first kappa shape index (κ1) is 20.4. The van der Waals surface area contributed by atoms with E-state index in [4.69, 9.17) is 5.73 Å². The van der Waals surface area contributed by atoms with Gasteiger partial charge in [0.15, 0.2) is 11.6 Å². The van der Waals surface area contributed by atoms with Crippen LogP contribution in [0.5, 0.6) is 0 Å². The van der Waals surface area contributed by atoms with Gasteiger partial charge in [0.25, 0.3) is 0 Å². The molecule has 3 rings (SSSR count). The van der Waals surface area contributed by atoms with Crippen molar-refractivity contribution in [2.45, 2.75) is 33.0 Å². The Hall–Kier alpha value is -1.63. The quantitative estimate of drug-likeness (QED) is 0.895. The number of carbonyl (C=O) groups excluding carboxylic acids is 1. The molecule has 1 aromatic carbocycles. The molecule has 8 heteroatoms. The summed E-state index contributed by atoms with van der Waals surface area (Å²) >= 11 is 0. The summed E-state index contributed by atoms with van der Waals surface area (Å²) in [6.07, 6.45) is 0. The van der Waals surface area contributed by atoms with Crippen molar-refractivity contribution in [1.29, 1.82) is 0 Å². The predicted octanol–water partition coefficient (Wildman–Crippen LogP) is 2.11. The van der Waals surface area contributed by atoms with Gasteiger partial charge >= 0.3 is 0 Å². The Kier molecular flexibility index (Phi) is 7.20. The van der Waals surface area contributed by atoms with Crippen LogP contribution in [0.25, 0.3) is 11.4 Å². The molecular formula is C16H23Cl2N5O. The molecule has 0 spiro atoms. The molecule has 0 fully saturated rings. The molecule has 0 radical (unpaired) electrons. The summed E-state index contributed by atoms with van der Waals surface area (Å²) in [7, 11) is 0. The molecule has 24 heavy (non-hydrogen) atoms. The second-order valence-corrected chi connectivity index (χ2v) is 5.87. The summed E-state index contributed by atoms with van der Waals surface area (Å²) in [6.45, 7) is 5.62. The van der Waals surface area contributed by atoms with Crippen LogP contribution in [0, 0.1) is 5.92 Å². The van der Waals surface area contributed by atoms with Gasteiger partial charge in [-0.2, -0.15) is 0 Å². The Morgan fingerprint density at radius 3 is 2.42 bits per heavy atom. The standard InChI is InChI=1S/C16H21N5O.2ClH/c1-11(12(2)17)16(22)20-8-9-21-14(10-20)18-19-15(21)13-6-4-3-5-7-13;;/h3-7,11-12H,8-10,17H2,1-2H3;2*1H. The Bertz CT molecular complexity index is 674. The van der Waals surface area contributed by atoms with Crippen LogP contribution < -0.4 is 5.73 Å². The van der Waals surface area contributed by atoms with Gasteiger partial charge in [0.1, 0.15) is 0 Å². The van der Waals surface area contributed by atoms with Crippen LogP contribution in [0.3, 0.4) is 0 Å². The number of fused-ring (bicyclic) bond motifs is 1. The lowest BCUT2D eigenvalue weighted by molar-refractivity contribution is -0.137. The summed E-state index contributed by atoms with van der Waals surface area (Å²) in [5, 5.41) is 8.55. The molecular weight excluding hydrogens is 349 g/mol. The molecule has 0 bridgehead atoms. The molecule has 0 saturated carbocycles. The van der Waals surface area contributed by atoms with E-state index in [1.165, 1.54) is 0 Å². The summed E-state index contributed by atoms with van der Waals surface area (Å²) in [4.78, 5) is 14.2. The molecule has 0 saturated heterocycles. The number of halogens is 2. The highest BCUT2D eigenvalue weighted by molar-refractivity contribution is 5.85. The lowest BCUT2D eigenvalue weighted by Gasteiger charge is -2.31. The van der Waals surface area contributed by atoms with Gasteiger partial charge in [-0.3, -0.25) is 4.79 Å². The van der Waals surface area contributed by atoms with E-state index in [0.29, 0.717) is 19.6 Å². The number of carbonyl (C=O) groups is 1. The van der Waals surface area contributed by atoms with Gasteiger partial charge in [0.2, 0.25) is 5.91 Å². The highest BCUT2D eigenvalue weighted by atomic mass is 35.5. The number of rotatable bonds is 3. The molecule has 2 N–H and O–H groups in total. The lowest BCUT2D eigenvalue weighted by Crippen LogP contribution is -2.45. The maximum absolute atomic E-state index is 12.4. The van der Waals surface area contributed by atoms with Gasteiger partial charge in [-0.25, -0.2) is 0 Å². The van der Waals surface area contributed by atoms with Crippen LogP contribution >= 0.6 is 24.8 Å². The average molecular weight is 372 g/mol. The zero-order chi connectivity index (χ0) is 15.7. The average Bonchev–Trinajstić information content (AvgIpc) is 2.97. The van der Waals surface area contributed by atoms with E-state index in [1.54, 1.807) is 0 Å². The molecule has 1 amide bonds. The predicted molar refractivity (Wildman–Crippen MR) is 98.2 cm³/mol. The lowest BCUT2D eigenvalue weighted by atomic mass is 10.0. The number of benzene rings is 1. The SMILES string of the molecule is CC(N)C(C)C(=O)N1CCn2c(nnc2-c2ccccc2)C1.Cl.Cl. The number of hydrogen-bond acceptors (Lipinski definition) is 4. The third-order valence-corrected chi connectivity index (χ3v) is 4.28. The van der Waals surface area contributed by atoms with E-state index in [2.05, 4.69) is 14.8 Å². The van der Waals surface area contributed by atoms with E-state index in [0.717, 1.165) is 17.2 Å². The highest BCUT2D eigenvalue weighted by Gasteiger charge is 2.28. The molecule has 1 aliphatic rings. The number of nitrogens with zero attached hydrogens (tertiary/aromatic N) is 4. The van der Waals surface area contributed by atoms with E-state index >= 15 is 0 Å². The van der Waals surface area contributed by atoms with Crippen LogP contribution in [-0.2, 0) is 17.9 Å². The molecule has 1 aromatic heterocycles. The van der Waals surface area contributed by atoms with Crippen molar-refractivity contribution >= 4 is 30.7 Å². The minimum absolute atomic E-state index is 0. The van der Waals surface area contributed by atoms with Gasteiger partial charge in [-0.05, 0) is 6.92 Å². The molecule has 1 aliphatic heterocycles. The normalized spacial score (nSPS) is 15.5. The molecule has 2 aromatic rings. The fraction of sp³-hybridized carbons (Fsp3) is 0.438. The zero-order valence-electron chi connectivity index (χ0n) is 13.8. The van der Waals surface area contributed by atoms with Crippen molar-refractivity contribution in [1.82, 2.24) is 19.7 Å². The van der Waals surface area contributed by atoms with E-state index in [9.17, 15) is 4.79 Å². The Labute approximate surface area is 154 Å². The minimum atomic E-state index is -0.178. The highest BCUT2D eigenvalue weighted by Crippen LogP contribution is 2.22. The second-order valence-electron chi connectivity index (χ2n) is 5.87. The second kappa shape index (κ2) is 8.46. The van der Waals surface area contributed by atoms with Crippen LogP contribution in [0.2, 0.25) is 0 Å². The van der Waals surface area contributed by atoms with Crippen LogP contribution in [0.1, 0.15) is 19.7 Å². The van der Waals surface area contributed by atoms with Crippen molar-refractivity contribution < 1.29 is 4.79 Å². The van der Waals surface area contributed by atoms with Gasteiger partial charge < -0.3 is 15.2 Å². The topological polar surface area (TPSA) is 77.0 Å². The van der Waals surface area contributed by atoms with Crippen molar-refractivity contribution in [2.75, 3.05) is 6.54 Å². The molecule has 132 valence electrons.